The molecule has 1 fully saturated rings. The maximum Gasteiger partial charge on any atom is 0.337 e. The van der Waals surface area contributed by atoms with E-state index >= 15 is 0 Å². The molecule has 1 aliphatic carbocycles. The lowest BCUT2D eigenvalue weighted by Gasteiger charge is -2.26. The third-order valence-corrected chi connectivity index (χ3v) is 3.73. The molecule has 4 heteroatoms. The van der Waals surface area contributed by atoms with Gasteiger partial charge in [-0.2, -0.15) is 0 Å². The number of carbonyl (C=O) groups is 1. The molecule has 0 amide bonds. The predicted octanol–water partition coefficient (Wildman–Crippen LogP) is 2.03. The maximum absolute atomic E-state index is 11.4. The van der Waals surface area contributed by atoms with Crippen molar-refractivity contribution in [3.63, 3.8) is 0 Å². The fourth-order valence-electron chi connectivity index (χ4n) is 2.63. The Kier molecular flexibility index (Phi) is 3.15. The third kappa shape index (κ3) is 1.94. The minimum absolute atomic E-state index is 0. The monoisotopic (exact) mass is 253 g/mol. The highest BCUT2D eigenvalue weighted by Crippen LogP contribution is 2.50. The second-order valence-electron chi connectivity index (χ2n) is 4.75. The normalized spacial score (nSPS) is 19.1. The molecule has 0 bridgehead atoms. The standard InChI is InChI=1S/C13H15NO2.ClH/c1-16-12(15)9-2-3-11-10(6-9)7-14-8-13(11)4-5-13;/h2-3,6,14H,4-5,7-8H2,1H3;1H. The van der Waals surface area contributed by atoms with Gasteiger partial charge in [0.05, 0.1) is 12.7 Å². The summed E-state index contributed by atoms with van der Waals surface area (Å²) >= 11 is 0. The van der Waals surface area contributed by atoms with Crippen molar-refractivity contribution in [1.82, 2.24) is 5.32 Å². The van der Waals surface area contributed by atoms with Gasteiger partial charge in [-0.15, -0.1) is 12.4 Å². The van der Waals surface area contributed by atoms with Crippen molar-refractivity contribution >= 4 is 18.4 Å². The molecule has 3 nitrogen and oxygen atoms in total. The molecule has 0 aromatic heterocycles. The van der Waals surface area contributed by atoms with Gasteiger partial charge in [0.25, 0.3) is 0 Å². The predicted molar refractivity (Wildman–Crippen MR) is 67.6 cm³/mol. The van der Waals surface area contributed by atoms with E-state index in [9.17, 15) is 4.79 Å². The quantitative estimate of drug-likeness (QED) is 0.779. The molecule has 1 aliphatic heterocycles. The van der Waals surface area contributed by atoms with Gasteiger partial charge < -0.3 is 10.1 Å². The lowest BCUT2D eigenvalue weighted by molar-refractivity contribution is 0.0600. The van der Waals surface area contributed by atoms with Crippen molar-refractivity contribution in [3.05, 3.63) is 34.9 Å². The van der Waals surface area contributed by atoms with Crippen molar-refractivity contribution in [1.29, 1.82) is 0 Å². The number of hydrogen-bond donors (Lipinski definition) is 1. The zero-order valence-corrected chi connectivity index (χ0v) is 10.6. The van der Waals surface area contributed by atoms with E-state index < -0.39 is 0 Å². The van der Waals surface area contributed by atoms with Crippen molar-refractivity contribution in [2.75, 3.05) is 13.7 Å². The molecule has 17 heavy (non-hydrogen) atoms. The van der Waals surface area contributed by atoms with Crippen molar-refractivity contribution < 1.29 is 9.53 Å². The molecule has 1 spiro atoms. The largest absolute Gasteiger partial charge is 0.465 e. The Morgan fingerprint density at radius 1 is 1.41 bits per heavy atom. The number of fused-ring (bicyclic) bond motifs is 2. The number of ether oxygens (including phenoxy) is 1. The van der Waals surface area contributed by atoms with Crippen LogP contribution in [0.3, 0.4) is 0 Å². The van der Waals surface area contributed by atoms with E-state index in [2.05, 4.69) is 11.4 Å². The molecule has 0 radical (unpaired) electrons. The summed E-state index contributed by atoms with van der Waals surface area (Å²) in [4.78, 5) is 11.4. The Hall–Kier alpha value is -1.06. The number of rotatable bonds is 1. The number of carbonyl (C=O) groups excluding carboxylic acids is 1. The van der Waals surface area contributed by atoms with E-state index in [0.29, 0.717) is 11.0 Å². The van der Waals surface area contributed by atoms with Crippen LogP contribution in [0, 0.1) is 0 Å². The van der Waals surface area contributed by atoms with E-state index in [-0.39, 0.29) is 18.4 Å². The van der Waals surface area contributed by atoms with Crippen LogP contribution in [0.2, 0.25) is 0 Å². The third-order valence-electron chi connectivity index (χ3n) is 3.73. The van der Waals surface area contributed by atoms with Crippen LogP contribution < -0.4 is 5.32 Å². The number of hydrogen-bond acceptors (Lipinski definition) is 3. The molecule has 1 aromatic carbocycles. The fourth-order valence-corrected chi connectivity index (χ4v) is 2.63. The first-order valence-corrected chi connectivity index (χ1v) is 5.68. The summed E-state index contributed by atoms with van der Waals surface area (Å²) in [6.07, 6.45) is 2.54. The van der Waals surface area contributed by atoms with Crippen molar-refractivity contribution in [3.8, 4) is 0 Å². The van der Waals surface area contributed by atoms with Gasteiger partial charge in [-0.25, -0.2) is 4.79 Å². The second kappa shape index (κ2) is 4.31. The number of methoxy groups -OCH3 is 1. The van der Waals surface area contributed by atoms with Gasteiger partial charge in [-0.3, -0.25) is 0 Å². The van der Waals surface area contributed by atoms with Crippen LogP contribution in [0.4, 0.5) is 0 Å². The van der Waals surface area contributed by atoms with Crippen molar-refractivity contribution in [2.24, 2.45) is 0 Å². The number of nitrogens with one attached hydrogen (secondary N) is 1. The van der Waals surface area contributed by atoms with Crippen LogP contribution in [-0.2, 0) is 16.7 Å². The van der Waals surface area contributed by atoms with Crippen LogP contribution in [-0.4, -0.2) is 19.6 Å². The average molecular weight is 254 g/mol. The summed E-state index contributed by atoms with van der Waals surface area (Å²) in [6, 6.07) is 5.96. The first-order chi connectivity index (χ1) is 7.75. The van der Waals surface area contributed by atoms with Gasteiger partial charge >= 0.3 is 5.97 Å². The molecule has 3 rings (SSSR count). The molecular weight excluding hydrogens is 238 g/mol. The smallest absolute Gasteiger partial charge is 0.337 e. The molecular formula is C13H16ClNO2. The van der Waals surface area contributed by atoms with Crippen LogP contribution >= 0.6 is 12.4 Å². The number of halogens is 1. The Morgan fingerprint density at radius 2 is 2.18 bits per heavy atom. The van der Waals surface area contributed by atoms with Gasteiger partial charge in [0.15, 0.2) is 0 Å². The summed E-state index contributed by atoms with van der Waals surface area (Å²) in [5, 5.41) is 3.43. The second-order valence-corrected chi connectivity index (χ2v) is 4.75. The van der Waals surface area contributed by atoms with Crippen LogP contribution in [0.15, 0.2) is 18.2 Å². The lowest BCUT2D eigenvalue weighted by atomic mass is 9.87. The molecule has 1 heterocycles. The van der Waals surface area contributed by atoms with Gasteiger partial charge in [-0.1, -0.05) is 6.07 Å². The summed E-state index contributed by atoms with van der Waals surface area (Å²) in [5.74, 6) is -0.252. The van der Waals surface area contributed by atoms with E-state index in [1.165, 1.54) is 31.1 Å². The fraction of sp³-hybridized carbons (Fsp3) is 0.462. The molecule has 1 saturated carbocycles. The molecule has 0 atom stereocenters. The van der Waals surface area contributed by atoms with Crippen molar-refractivity contribution in [2.45, 2.75) is 24.8 Å². The highest BCUT2D eigenvalue weighted by molar-refractivity contribution is 5.89. The lowest BCUT2D eigenvalue weighted by Crippen LogP contribution is -2.33. The van der Waals surface area contributed by atoms with Gasteiger partial charge in [0, 0.05) is 18.5 Å². The van der Waals surface area contributed by atoms with E-state index in [1.807, 2.05) is 12.1 Å². The minimum Gasteiger partial charge on any atom is -0.465 e. The zero-order valence-electron chi connectivity index (χ0n) is 9.79. The van der Waals surface area contributed by atoms with E-state index in [0.717, 1.165) is 13.1 Å². The summed E-state index contributed by atoms with van der Waals surface area (Å²) < 4.78 is 4.74. The van der Waals surface area contributed by atoms with Crippen LogP contribution in [0.5, 0.6) is 0 Å². The van der Waals surface area contributed by atoms with Crippen LogP contribution in [0.25, 0.3) is 0 Å². The average Bonchev–Trinajstić information content (AvgIpc) is 3.08. The highest BCUT2D eigenvalue weighted by atomic mass is 35.5. The molecule has 2 aliphatic rings. The number of benzene rings is 1. The molecule has 92 valence electrons. The Balaban J connectivity index is 0.00000108. The van der Waals surface area contributed by atoms with Crippen LogP contribution in [0.1, 0.15) is 34.3 Å². The summed E-state index contributed by atoms with van der Waals surface area (Å²) in [6.45, 7) is 1.94. The minimum atomic E-state index is -0.252. The number of esters is 1. The molecule has 1 N–H and O–H groups in total. The summed E-state index contributed by atoms with van der Waals surface area (Å²) in [5.41, 5.74) is 3.72. The van der Waals surface area contributed by atoms with E-state index in [1.54, 1.807) is 0 Å². The maximum atomic E-state index is 11.4. The zero-order chi connectivity index (χ0) is 11.2. The first kappa shape index (κ1) is 12.4. The van der Waals surface area contributed by atoms with Gasteiger partial charge in [0.1, 0.15) is 0 Å². The Bertz CT molecular complexity index is 455. The van der Waals surface area contributed by atoms with E-state index in [4.69, 9.17) is 4.74 Å². The first-order valence-electron chi connectivity index (χ1n) is 5.68. The highest BCUT2D eigenvalue weighted by Gasteiger charge is 2.46. The SMILES string of the molecule is COC(=O)c1ccc2c(c1)CNCC21CC1.Cl. The van der Waals surface area contributed by atoms with Gasteiger partial charge in [-0.05, 0) is 36.1 Å². The molecule has 0 saturated heterocycles. The molecule has 1 aromatic rings. The van der Waals surface area contributed by atoms with Gasteiger partial charge in [0.2, 0.25) is 0 Å². The summed E-state index contributed by atoms with van der Waals surface area (Å²) in [7, 11) is 1.42. The Morgan fingerprint density at radius 3 is 2.82 bits per heavy atom. The topological polar surface area (TPSA) is 38.3 Å². The Labute approximate surface area is 107 Å². The molecule has 0 unspecified atom stereocenters.